The number of aliphatic hydroxyl groups excluding tert-OH is 1. The number of carbonyl (C=O) groups excluding carboxylic acids is 2. The number of aryl methyl sites for hydroxylation is 1. The molecule has 2 heterocycles. The number of fused-ring (bicyclic) bond motifs is 1. The Balaban J connectivity index is 1.71. The van der Waals surface area contributed by atoms with E-state index in [0.29, 0.717) is 22.0 Å². The summed E-state index contributed by atoms with van der Waals surface area (Å²) in [5.74, 6) is -1.34. The van der Waals surface area contributed by atoms with Gasteiger partial charge in [0.15, 0.2) is 5.13 Å². The monoisotopic (exact) mass is 486 g/mol. The summed E-state index contributed by atoms with van der Waals surface area (Å²) in [6.45, 7) is 2.06. The van der Waals surface area contributed by atoms with E-state index < -0.39 is 17.7 Å². The number of carbonyl (C=O) groups is 2. The third kappa shape index (κ3) is 3.91. The molecule has 1 aromatic heterocycles. The number of amides is 1. The number of ketones is 1. The third-order valence-electron chi connectivity index (χ3n) is 6.05. The van der Waals surface area contributed by atoms with Crippen molar-refractivity contribution in [1.82, 2.24) is 4.98 Å². The number of hydrogen-bond acceptors (Lipinski definition) is 7. The molecule has 3 aromatic carbocycles. The van der Waals surface area contributed by atoms with Gasteiger partial charge in [-0.25, -0.2) is 4.98 Å². The summed E-state index contributed by atoms with van der Waals surface area (Å²) in [5, 5.41) is 21.4. The van der Waals surface area contributed by atoms with Gasteiger partial charge in [0.2, 0.25) is 0 Å². The summed E-state index contributed by atoms with van der Waals surface area (Å²) in [6.07, 6.45) is 0.863. The second-order valence-corrected chi connectivity index (χ2v) is 9.15. The SMILES string of the molecule is CCc1ccc2nc(N3C(=O)C(=O)/C(=C(/O)c4cccc(OC)c4)C3c3ccc(O)cc3)sc2c1. The normalized spacial score (nSPS) is 17.3. The van der Waals surface area contributed by atoms with Crippen LogP contribution in [-0.4, -0.2) is 34.0 Å². The molecule has 8 heteroatoms. The Morgan fingerprint density at radius 2 is 1.86 bits per heavy atom. The number of methoxy groups -OCH3 is 1. The van der Waals surface area contributed by atoms with Crippen molar-refractivity contribution in [3.8, 4) is 11.5 Å². The fourth-order valence-corrected chi connectivity index (χ4v) is 5.26. The Morgan fingerprint density at radius 3 is 2.57 bits per heavy atom. The number of ether oxygens (including phenoxy) is 1. The number of thiazole rings is 1. The summed E-state index contributed by atoms with van der Waals surface area (Å²) >= 11 is 1.32. The van der Waals surface area contributed by atoms with Gasteiger partial charge in [-0.2, -0.15) is 0 Å². The molecule has 0 saturated carbocycles. The van der Waals surface area contributed by atoms with Gasteiger partial charge in [0.25, 0.3) is 5.78 Å². The molecule has 1 atom stereocenters. The van der Waals surface area contributed by atoms with Crippen LogP contribution in [0.2, 0.25) is 0 Å². The fourth-order valence-electron chi connectivity index (χ4n) is 4.21. The van der Waals surface area contributed by atoms with Crippen molar-refractivity contribution in [3.05, 3.63) is 89.0 Å². The van der Waals surface area contributed by atoms with Crippen LogP contribution in [0.3, 0.4) is 0 Å². The topological polar surface area (TPSA) is 100.0 Å². The van der Waals surface area contributed by atoms with Crippen molar-refractivity contribution in [3.63, 3.8) is 0 Å². The zero-order valence-electron chi connectivity index (χ0n) is 19.1. The van der Waals surface area contributed by atoms with E-state index in [9.17, 15) is 19.8 Å². The molecule has 5 rings (SSSR count). The van der Waals surface area contributed by atoms with Crippen LogP contribution in [0.15, 0.2) is 72.3 Å². The average molecular weight is 487 g/mol. The van der Waals surface area contributed by atoms with Crippen LogP contribution in [0, 0.1) is 0 Å². The van der Waals surface area contributed by atoms with E-state index in [1.165, 1.54) is 35.5 Å². The summed E-state index contributed by atoms with van der Waals surface area (Å²) in [4.78, 5) is 32.6. The standard InChI is InChI=1S/C27H22N2O5S/c1-3-15-7-12-20-21(13-15)35-27(28-20)29-23(16-8-10-18(30)11-9-16)22(25(32)26(29)33)24(31)17-5-4-6-19(14-17)34-2/h4-14,23,30-31H,3H2,1-2H3/b24-22+. The minimum absolute atomic E-state index is 0.0468. The van der Waals surface area contributed by atoms with Crippen molar-refractivity contribution in [2.24, 2.45) is 0 Å². The van der Waals surface area contributed by atoms with Crippen LogP contribution in [-0.2, 0) is 16.0 Å². The minimum Gasteiger partial charge on any atom is -0.508 e. The molecule has 2 N–H and O–H groups in total. The first kappa shape index (κ1) is 22.6. The Kier molecular flexibility index (Phi) is 5.74. The minimum atomic E-state index is -0.923. The Bertz CT molecular complexity index is 1490. The fraction of sp³-hybridized carbons (Fsp3) is 0.148. The Morgan fingerprint density at radius 1 is 1.09 bits per heavy atom. The number of nitrogens with zero attached hydrogens (tertiary/aromatic N) is 2. The highest BCUT2D eigenvalue weighted by molar-refractivity contribution is 7.22. The van der Waals surface area contributed by atoms with E-state index in [2.05, 4.69) is 11.9 Å². The van der Waals surface area contributed by atoms with E-state index >= 15 is 0 Å². The summed E-state index contributed by atoms with van der Waals surface area (Å²) in [6, 6.07) is 17.9. The molecule has 35 heavy (non-hydrogen) atoms. The summed E-state index contributed by atoms with van der Waals surface area (Å²) in [7, 11) is 1.51. The number of hydrogen-bond donors (Lipinski definition) is 2. The molecule has 4 aromatic rings. The molecule has 0 aliphatic carbocycles. The van der Waals surface area contributed by atoms with Crippen molar-refractivity contribution in [2.45, 2.75) is 19.4 Å². The highest BCUT2D eigenvalue weighted by Gasteiger charge is 2.48. The van der Waals surface area contributed by atoms with Gasteiger partial charge in [0.1, 0.15) is 17.3 Å². The number of phenols is 1. The lowest BCUT2D eigenvalue weighted by Crippen LogP contribution is -2.29. The van der Waals surface area contributed by atoms with Gasteiger partial charge in [0, 0.05) is 5.56 Å². The van der Waals surface area contributed by atoms with Gasteiger partial charge >= 0.3 is 5.91 Å². The molecule has 176 valence electrons. The molecule has 0 bridgehead atoms. The van der Waals surface area contributed by atoms with Gasteiger partial charge in [-0.3, -0.25) is 14.5 Å². The van der Waals surface area contributed by atoms with Gasteiger partial charge < -0.3 is 14.9 Å². The largest absolute Gasteiger partial charge is 0.508 e. The smallest absolute Gasteiger partial charge is 0.301 e. The van der Waals surface area contributed by atoms with E-state index in [1.54, 1.807) is 36.4 Å². The van der Waals surface area contributed by atoms with Gasteiger partial charge in [0.05, 0.1) is 28.9 Å². The lowest BCUT2D eigenvalue weighted by Gasteiger charge is -2.23. The molecule has 1 aliphatic rings. The van der Waals surface area contributed by atoms with Gasteiger partial charge in [-0.05, 0) is 53.9 Å². The molecule has 1 saturated heterocycles. The molecular weight excluding hydrogens is 464 g/mol. The van der Waals surface area contributed by atoms with Crippen molar-refractivity contribution in [2.75, 3.05) is 12.0 Å². The van der Waals surface area contributed by atoms with Gasteiger partial charge in [-0.15, -0.1) is 0 Å². The molecule has 1 aliphatic heterocycles. The summed E-state index contributed by atoms with van der Waals surface area (Å²) < 4.78 is 6.15. The lowest BCUT2D eigenvalue weighted by atomic mass is 9.95. The average Bonchev–Trinajstić information content (AvgIpc) is 3.41. The van der Waals surface area contributed by atoms with E-state index in [1.807, 2.05) is 18.2 Å². The van der Waals surface area contributed by atoms with Crippen LogP contribution < -0.4 is 9.64 Å². The predicted octanol–water partition coefficient (Wildman–Crippen LogP) is 5.20. The Labute approximate surface area is 205 Å². The first-order valence-electron chi connectivity index (χ1n) is 11.0. The molecule has 1 amide bonds. The summed E-state index contributed by atoms with van der Waals surface area (Å²) in [5.41, 5.74) is 2.72. The first-order valence-corrected chi connectivity index (χ1v) is 11.9. The first-order chi connectivity index (χ1) is 16.9. The van der Waals surface area contributed by atoms with E-state index in [-0.39, 0.29) is 17.1 Å². The van der Waals surface area contributed by atoms with Gasteiger partial charge in [-0.1, -0.05) is 48.6 Å². The van der Waals surface area contributed by atoms with Crippen molar-refractivity contribution < 1.29 is 24.5 Å². The maximum Gasteiger partial charge on any atom is 0.301 e. The molecule has 1 unspecified atom stereocenters. The number of Topliss-reactive ketones (excluding diaryl/α,β-unsaturated/α-hetero) is 1. The number of benzene rings is 3. The predicted molar refractivity (Wildman–Crippen MR) is 135 cm³/mol. The van der Waals surface area contributed by atoms with Crippen LogP contribution in [0.1, 0.15) is 29.7 Å². The second-order valence-electron chi connectivity index (χ2n) is 8.14. The van der Waals surface area contributed by atoms with E-state index in [0.717, 1.165) is 22.2 Å². The second kappa shape index (κ2) is 8.88. The number of aliphatic hydroxyl groups is 1. The van der Waals surface area contributed by atoms with E-state index in [4.69, 9.17) is 4.74 Å². The maximum absolute atomic E-state index is 13.3. The number of anilines is 1. The Hall–Kier alpha value is -4.17. The number of rotatable bonds is 5. The molecule has 0 spiro atoms. The zero-order valence-corrected chi connectivity index (χ0v) is 19.9. The quantitative estimate of drug-likeness (QED) is 0.229. The van der Waals surface area contributed by atoms with Crippen LogP contribution in [0.5, 0.6) is 11.5 Å². The zero-order chi connectivity index (χ0) is 24.7. The number of aromatic hydroxyl groups is 1. The number of aromatic nitrogens is 1. The molecule has 1 fully saturated rings. The van der Waals surface area contributed by atoms with Crippen LogP contribution in [0.25, 0.3) is 16.0 Å². The van der Waals surface area contributed by atoms with Crippen molar-refractivity contribution >= 4 is 44.1 Å². The molecule has 0 radical (unpaired) electrons. The van der Waals surface area contributed by atoms with Crippen LogP contribution in [0.4, 0.5) is 5.13 Å². The highest BCUT2D eigenvalue weighted by atomic mass is 32.1. The van der Waals surface area contributed by atoms with Crippen LogP contribution >= 0.6 is 11.3 Å². The molecule has 7 nitrogen and oxygen atoms in total. The third-order valence-corrected chi connectivity index (χ3v) is 7.07. The number of phenolic OH excluding ortho intramolecular Hbond substituents is 1. The maximum atomic E-state index is 13.3. The highest BCUT2D eigenvalue weighted by Crippen LogP contribution is 2.44. The molecular formula is C27H22N2O5S. The lowest BCUT2D eigenvalue weighted by molar-refractivity contribution is -0.132. The van der Waals surface area contributed by atoms with Crippen molar-refractivity contribution in [1.29, 1.82) is 0 Å².